The zero-order chi connectivity index (χ0) is 100. The molecule has 26 rings (SSSR count). The molecule has 0 unspecified atom stereocenters. The number of aromatic nitrogens is 4. The number of anilines is 12. The van der Waals surface area contributed by atoms with Gasteiger partial charge >= 0.3 is 0 Å². The fourth-order valence-corrected chi connectivity index (χ4v) is 23.6. The number of nitrogens with zero attached hydrogens (tertiary/aromatic N) is 8. The summed E-state index contributed by atoms with van der Waals surface area (Å²) in [6.07, 6.45) is 7.62. The molecule has 0 fully saturated rings. The van der Waals surface area contributed by atoms with Crippen molar-refractivity contribution in [1.29, 1.82) is 0 Å². The average molecular weight is 1930 g/mol. The van der Waals surface area contributed by atoms with Crippen LogP contribution in [0.3, 0.4) is 0 Å². The minimum atomic E-state index is -1.17. The van der Waals surface area contributed by atoms with Crippen LogP contribution in [0.15, 0.2) is 463 Å². The van der Waals surface area contributed by atoms with Crippen molar-refractivity contribution in [3.05, 3.63) is 530 Å². The largest absolute Gasteiger partial charge is 0.497 e. The maximum absolute atomic E-state index is 6.06. The van der Waals surface area contributed by atoms with Gasteiger partial charge in [-0.2, -0.15) is 0 Å². The summed E-state index contributed by atoms with van der Waals surface area (Å²) in [5.74, 6) is 3.01. The molecule has 0 radical (unpaired) electrons. The van der Waals surface area contributed by atoms with Crippen LogP contribution in [0.5, 0.6) is 23.0 Å². The standard InChI is InChI=1S/C137H104N8O4/c1-9-89-29-37-93(38-30-89)85-138-129-25-17-13-21-117(129)121-77-101(57-73-133(121)138)142(97-45-61-109(146-5)62-46-97)105-53-69-113-114-70-54-106(143(98-47-63-110(147-6)64-48-98)102-58-74-134-122(78-102)118-22-14-18-26-130(118)139(134)86-94-39-31-90(10-2)32-40-94)82-126(114)137(125(113)81-105)127-83-107(144(99-49-65-111(148-7)66-50-99)103-59-75-135-123(79-103)119-23-15-19-27-131(119)140(135)87-95-41-33-91(11-3)34-42-95)55-71-115(127)116-72-56-108(84-128(116)137)145(100-51-67-112(149-8)68-52-100)104-60-76-136-124(80-104)120-24-16-20-28-132(120)141(136)88-96-43-35-92(12-4)36-44-96/h9-84H,1-4,85-88H2,5-8H3. The van der Waals surface area contributed by atoms with Crippen LogP contribution in [-0.4, -0.2) is 46.7 Å². The molecule has 0 amide bonds. The molecule has 2 aliphatic rings. The van der Waals surface area contributed by atoms with Crippen molar-refractivity contribution in [2.45, 2.75) is 31.6 Å². The smallest absolute Gasteiger partial charge is 0.119 e. The molecule has 0 atom stereocenters. The first-order valence-corrected chi connectivity index (χ1v) is 50.7. The Bertz CT molecular complexity index is 8360. The van der Waals surface area contributed by atoms with Crippen molar-refractivity contribution in [2.24, 2.45) is 0 Å². The van der Waals surface area contributed by atoms with Gasteiger partial charge in [-0.05, 0) is 332 Å². The molecule has 20 aromatic carbocycles. The summed E-state index contributed by atoms with van der Waals surface area (Å²) in [5, 5.41) is 9.20. The summed E-state index contributed by atoms with van der Waals surface area (Å²) in [6, 6.07) is 162. The van der Waals surface area contributed by atoms with Gasteiger partial charge in [0.15, 0.2) is 0 Å². The lowest BCUT2D eigenvalue weighted by molar-refractivity contribution is 0.414. The van der Waals surface area contributed by atoms with Gasteiger partial charge in [-0.3, -0.25) is 0 Å². The lowest BCUT2D eigenvalue weighted by Crippen LogP contribution is -2.27. The summed E-state index contributed by atoms with van der Waals surface area (Å²) >= 11 is 0. The molecule has 4 heterocycles. The second kappa shape index (κ2) is 37.0. The Morgan fingerprint density at radius 1 is 0.195 bits per heavy atom. The van der Waals surface area contributed by atoms with Crippen LogP contribution in [0.1, 0.15) is 66.8 Å². The molecular weight excluding hydrogens is 1820 g/mol. The van der Waals surface area contributed by atoms with Gasteiger partial charge in [0.2, 0.25) is 0 Å². The van der Waals surface area contributed by atoms with Gasteiger partial charge in [0, 0.05) is 182 Å². The minimum absolute atomic E-state index is 0.673. The lowest BCUT2D eigenvalue weighted by atomic mass is 9.70. The van der Waals surface area contributed by atoms with E-state index in [0.29, 0.717) is 26.2 Å². The molecule has 0 N–H and O–H groups in total. The molecule has 1 spiro atoms. The SMILES string of the molecule is C=Cc1ccc(Cn2c3ccccc3c3cc(N(c4ccc(OC)cc4)c4ccc5c(c4)C4(c6cc(N(c7ccc(OC)cc7)c7ccc8c(c7)c7ccccc7n8Cc7ccc(C=C)cc7)ccc6-5)c5cc(N(c6ccc(OC)cc6)c6ccc7c(c6)c6ccccc6n7Cc6ccc(C=C)cc6)ccc5-c5ccc(N(c6ccc(OC)cc6)c6ccc7c(c6)c6ccccc6n7Cc6ccc(C=C)cc6)cc54)ccc32)cc1. The first-order chi connectivity index (χ1) is 73.4. The number of hydrogen-bond acceptors (Lipinski definition) is 8. The second-order valence-electron chi connectivity index (χ2n) is 38.8. The lowest BCUT2D eigenvalue weighted by Gasteiger charge is -2.35. The van der Waals surface area contributed by atoms with Crippen molar-refractivity contribution in [2.75, 3.05) is 48.0 Å². The number of hydrogen-bond donors (Lipinski definition) is 0. The number of ether oxygens (including phenoxy) is 4. The van der Waals surface area contributed by atoms with Crippen molar-refractivity contribution in [1.82, 2.24) is 18.3 Å². The molecule has 0 saturated carbocycles. The minimum Gasteiger partial charge on any atom is -0.497 e. The van der Waals surface area contributed by atoms with E-state index in [0.717, 1.165) is 245 Å². The first-order valence-electron chi connectivity index (χ1n) is 50.7. The Hall–Kier alpha value is -19.0. The van der Waals surface area contributed by atoms with E-state index >= 15 is 0 Å². The Balaban J connectivity index is 0.749. The molecular formula is C137H104N8O4. The van der Waals surface area contributed by atoms with Crippen molar-refractivity contribution in [3.63, 3.8) is 0 Å². The molecule has 12 heteroatoms. The topological polar surface area (TPSA) is 69.6 Å². The first kappa shape index (κ1) is 90.0. The Kier molecular flexibility index (Phi) is 22.3. The van der Waals surface area contributed by atoms with Crippen LogP contribution in [0.4, 0.5) is 68.2 Å². The molecule has 0 saturated heterocycles. The molecule has 2 aliphatic carbocycles. The molecule has 4 aromatic heterocycles. The van der Waals surface area contributed by atoms with E-state index in [1.54, 1.807) is 28.4 Å². The normalized spacial score (nSPS) is 12.2. The van der Waals surface area contributed by atoms with Crippen molar-refractivity contribution >= 4 is 180 Å². The molecule has 149 heavy (non-hydrogen) atoms. The molecule has 0 bridgehead atoms. The van der Waals surface area contributed by atoms with Gasteiger partial charge in [-0.25, -0.2) is 0 Å². The number of para-hydroxylation sites is 4. The van der Waals surface area contributed by atoms with E-state index in [4.69, 9.17) is 18.9 Å². The maximum atomic E-state index is 6.06. The number of methoxy groups -OCH3 is 4. The van der Waals surface area contributed by atoms with E-state index in [1.807, 2.05) is 24.3 Å². The number of benzene rings is 20. The zero-order valence-corrected chi connectivity index (χ0v) is 83.2. The highest BCUT2D eigenvalue weighted by Crippen LogP contribution is 2.66. The third-order valence-corrected chi connectivity index (χ3v) is 30.8. The van der Waals surface area contributed by atoms with Gasteiger partial charge in [-0.1, -0.05) is 245 Å². The van der Waals surface area contributed by atoms with Crippen LogP contribution in [0.2, 0.25) is 0 Å². The summed E-state index contributed by atoms with van der Waals surface area (Å²) in [7, 11) is 6.96. The van der Waals surface area contributed by atoms with Gasteiger partial charge in [0.25, 0.3) is 0 Å². The zero-order valence-electron chi connectivity index (χ0n) is 83.2. The monoisotopic (exact) mass is 1920 g/mol. The van der Waals surface area contributed by atoms with Crippen LogP contribution >= 0.6 is 0 Å². The highest BCUT2D eigenvalue weighted by atomic mass is 16.5. The average Bonchev–Trinajstić information content (AvgIpc) is 1.50. The highest BCUT2D eigenvalue weighted by molar-refractivity contribution is 6.14. The summed E-state index contributed by atoms with van der Waals surface area (Å²) in [4.78, 5) is 9.82. The van der Waals surface area contributed by atoms with E-state index in [9.17, 15) is 0 Å². The number of rotatable bonds is 28. The predicted molar refractivity (Wildman–Crippen MR) is 622 cm³/mol. The van der Waals surface area contributed by atoms with E-state index in [-0.39, 0.29) is 0 Å². The van der Waals surface area contributed by atoms with Crippen LogP contribution < -0.4 is 38.5 Å². The Morgan fingerprint density at radius 2 is 0.376 bits per heavy atom. The van der Waals surface area contributed by atoms with Gasteiger partial charge < -0.3 is 56.8 Å². The second-order valence-corrected chi connectivity index (χ2v) is 38.8. The number of fused-ring (bicyclic) bond motifs is 22. The maximum Gasteiger partial charge on any atom is 0.119 e. The predicted octanol–water partition coefficient (Wildman–Crippen LogP) is 35.1. The molecule has 0 aliphatic heterocycles. The van der Waals surface area contributed by atoms with E-state index in [2.05, 4.69) is 501 Å². The third-order valence-electron chi connectivity index (χ3n) is 30.8. The van der Waals surface area contributed by atoms with Crippen molar-refractivity contribution in [3.8, 4) is 45.3 Å². The van der Waals surface area contributed by atoms with Gasteiger partial charge in [0.05, 0.1) is 33.9 Å². The van der Waals surface area contributed by atoms with E-state index < -0.39 is 5.41 Å². The Labute approximate surface area is 865 Å². The molecule has 716 valence electrons. The fourth-order valence-electron chi connectivity index (χ4n) is 23.6. The van der Waals surface area contributed by atoms with Gasteiger partial charge in [-0.15, -0.1) is 0 Å². The third kappa shape index (κ3) is 15.3. The van der Waals surface area contributed by atoms with Crippen LogP contribution in [0, 0.1) is 0 Å². The van der Waals surface area contributed by atoms with Gasteiger partial charge in [0.1, 0.15) is 23.0 Å². The molecule has 12 nitrogen and oxygen atoms in total. The fraction of sp³-hybridized carbons (Fsp3) is 0.0657. The van der Waals surface area contributed by atoms with Crippen molar-refractivity contribution < 1.29 is 18.9 Å². The highest BCUT2D eigenvalue weighted by Gasteiger charge is 2.53. The van der Waals surface area contributed by atoms with E-state index in [1.165, 1.54) is 22.3 Å². The summed E-state index contributed by atoms with van der Waals surface area (Å²) in [6.45, 7) is 19.1. The summed E-state index contributed by atoms with van der Waals surface area (Å²) < 4.78 is 34.1. The Morgan fingerprint density at radius 3 is 0.577 bits per heavy atom. The van der Waals surface area contributed by atoms with Crippen LogP contribution in [0.25, 0.3) is 134 Å². The van der Waals surface area contributed by atoms with Crippen LogP contribution in [-0.2, 0) is 31.6 Å². The molecule has 24 aromatic rings. The summed E-state index contributed by atoms with van der Waals surface area (Å²) in [5.41, 5.74) is 37.4. The quantitative estimate of drug-likeness (QED) is 0.0480.